The first kappa shape index (κ1) is 13.0. The SMILES string of the molecule is NC(Cc1ccccc1)C(=O)NCC(=O)NC[C]12[CH]3[CH]4[CH]5[CH]1[Fe]45321678[CH]2[CH]1[CH]6[CH]7[CH]28. The molecule has 10 heterocycles. The van der Waals surface area contributed by atoms with Crippen molar-refractivity contribution in [1.29, 1.82) is 0 Å². The van der Waals surface area contributed by atoms with Crippen LogP contribution >= 0.6 is 0 Å². The molecule has 28 heavy (non-hydrogen) atoms. The third-order valence-electron chi connectivity index (χ3n) is 17.6. The van der Waals surface area contributed by atoms with Crippen molar-refractivity contribution in [3.8, 4) is 0 Å². The van der Waals surface area contributed by atoms with Crippen LogP contribution in [0.25, 0.3) is 0 Å². The van der Waals surface area contributed by atoms with Crippen LogP contribution in [0.2, 0.25) is 47.7 Å². The molecule has 1 aromatic rings. The summed E-state index contributed by atoms with van der Waals surface area (Å²) in [7, 11) is 0. The van der Waals surface area contributed by atoms with Crippen LogP contribution in [0.4, 0.5) is 0 Å². The van der Waals surface area contributed by atoms with Gasteiger partial charge in [-0.1, -0.05) is 6.07 Å². The Morgan fingerprint density at radius 2 is 1.57 bits per heavy atom. The molecular weight excluding hydrogens is 394 g/mol. The second-order valence-electron chi connectivity index (χ2n) is 13.6. The first-order chi connectivity index (χ1) is 13.3. The van der Waals surface area contributed by atoms with Crippen LogP contribution in [-0.2, 0) is 22.5 Å². The number of amides is 2. The van der Waals surface area contributed by atoms with Crippen molar-refractivity contribution in [2.24, 2.45) is 5.73 Å². The van der Waals surface area contributed by atoms with Gasteiger partial charge in [0.05, 0.1) is 0 Å². The molecule has 4 N–H and O–H groups in total. The molecule has 1 spiro atoms. The first-order valence-corrected chi connectivity index (χ1v) is 17.2. The average molecular weight is 419 g/mol. The van der Waals surface area contributed by atoms with Crippen molar-refractivity contribution >= 4 is 11.8 Å². The summed E-state index contributed by atoms with van der Waals surface area (Å²) in [4.78, 5) is 36.2. The second kappa shape index (κ2) is 1.60. The molecule has 10 saturated heterocycles. The second-order valence-corrected chi connectivity index (χ2v) is 37.3. The van der Waals surface area contributed by atoms with Gasteiger partial charge in [-0.15, -0.1) is 0 Å². The van der Waals surface area contributed by atoms with Crippen molar-refractivity contribution in [2.75, 3.05) is 13.1 Å². The molecule has 0 aliphatic carbocycles. The van der Waals surface area contributed by atoms with Gasteiger partial charge in [0, 0.05) is 0 Å². The fraction of sp³-hybridized carbons (Fsp3) is 0.636. The fourth-order valence-corrected chi connectivity index (χ4v) is 93.4. The van der Waals surface area contributed by atoms with Crippen LogP contribution in [0, 0.1) is 0 Å². The summed E-state index contributed by atoms with van der Waals surface area (Å²) in [6.45, 7) is -2.04. The maximum atomic E-state index is 12.5. The quantitative estimate of drug-likeness (QED) is 0.594. The van der Waals surface area contributed by atoms with Crippen molar-refractivity contribution in [3.05, 3.63) is 35.9 Å². The van der Waals surface area contributed by atoms with Gasteiger partial charge in [-0.3, -0.25) is 0 Å². The van der Waals surface area contributed by atoms with Crippen LogP contribution in [0.1, 0.15) is 5.56 Å². The van der Waals surface area contributed by atoms with Gasteiger partial charge in [-0.05, 0) is 0 Å². The molecule has 148 valence electrons. The zero-order chi connectivity index (χ0) is 18.4. The van der Waals surface area contributed by atoms with E-state index >= 15 is 0 Å². The van der Waals surface area contributed by atoms with Gasteiger partial charge in [0.15, 0.2) is 0 Å². The van der Waals surface area contributed by atoms with Gasteiger partial charge in [-0.25, -0.2) is 0 Å². The molecule has 5 nitrogen and oxygen atoms in total. The Labute approximate surface area is 153 Å². The molecule has 11 rings (SSSR count). The van der Waals surface area contributed by atoms with Crippen molar-refractivity contribution < 1.29 is 16.1 Å². The summed E-state index contributed by atoms with van der Waals surface area (Å²) < 4.78 is 0.711. The molecule has 5 unspecified atom stereocenters. The van der Waals surface area contributed by atoms with E-state index in [4.69, 9.17) is 5.73 Å². The minimum atomic E-state index is -3.08. The van der Waals surface area contributed by atoms with Gasteiger partial charge >= 0.3 is 147 Å². The van der Waals surface area contributed by atoms with Crippen molar-refractivity contribution in [3.63, 3.8) is 0 Å². The fourth-order valence-electron chi connectivity index (χ4n) is 18.7. The van der Waals surface area contributed by atoms with E-state index in [1.165, 1.54) is 43.3 Å². The number of carbonyl (C=O) groups excluding carboxylic acids is 2. The van der Waals surface area contributed by atoms with Crippen LogP contribution in [0.15, 0.2) is 30.3 Å². The van der Waals surface area contributed by atoms with E-state index in [0.29, 0.717) is 10.7 Å². The first-order valence-electron chi connectivity index (χ1n) is 10.9. The molecule has 10 aliphatic rings. The number of hydrogen-bond acceptors (Lipinski definition) is 3. The van der Waals surface area contributed by atoms with Gasteiger partial charge in [0.25, 0.3) is 0 Å². The summed E-state index contributed by atoms with van der Waals surface area (Å²) in [5.74, 6) is -0.256. The summed E-state index contributed by atoms with van der Waals surface area (Å²) in [6, 6.07) is 9.16. The third kappa shape index (κ3) is 0.242. The molecule has 0 saturated carbocycles. The Kier molecular flexibility index (Phi) is 0.745. The Balaban J connectivity index is 0.799. The monoisotopic (exact) mass is 419 g/mol. The Morgan fingerprint density at radius 3 is 2.07 bits per heavy atom. The van der Waals surface area contributed by atoms with Gasteiger partial charge in [0.2, 0.25) is 0 Å². The van der Waals surface area contributed by atoms with Crippen LogP contribution < -0.4 is 16.4 Å². The molecule has 0 aromatic heterocycles. The zero-order valence-corrected chi connectivity index (χ0v) is 16.6. The number of hydrogen-bond donors (Lipinski definition) is 3. The van der Waals surface area contributed by atoms with Gasteiger partial charge in [0.1, 0.15) is 0 Å². The normalized spacial score (nSPS) is 77.5. The summed E-state index contributed by atoms with van der Waals surface area (Å²) in [6.07, 6.45) is 0.495. The van der Waals surface area contributed by atoms with E-state index in [-0.39, 0.29) is 18.4 Å². The molecule has 0 bridgehead atoms. The number of fused-ring (bicyclic) bond motifs is 10. The number of rotatable bonds is 7. The van der Waals surface area contributed by atoms with E-state index in [9.17, 15) is 9.59 Å². The predicted molar refractivity (Wildman–Crippen MR) is 101 cm³/mol. The predicted octanol–water partition coefficient (Wildman–Crippen LogP) is 2.55. The molecule has 6 heteroatoms. The number of nitrogens with one attached hydrogen (secondary N) is 2. The average Bonchev–Trinajstić information content (AvgIpc) is 3.64. The van der Waals surface area contributed by atoms with E-state index in [1.807, 2.05) is 30.3 Å². The molecular formula is C22H25FeN3O2. The summed E-state index contributed by atoms with van der Waals surface area (Å²) in [5.41, 5.74) is 7.06. The minimum absolute atomic E-state index is 0.0174. The Hall–Kier alpha value is -1.36. The zero-order valence-electron chi connectivity index (χ0n) is 15.5. The molecule has 10 fully saturated rings. The van der Waals surface area contributed by atoms with E-state index < -0.39 is 12.6 Å². The third-order valence-corrected chi connectivity index (χ3v) is 60.6. The van der Waals surface area contributed by atoms with Crippen LogP contribution in [0.3, 0.4) is 0 Å². The molecule has 1 aromatic carbocycles. The van der Waals surface area contributed by atoms with Gasteiger partial charge < -0.3 is 0 Å². The van der Waals surface area contributed by atoms with Crippen molar-refractivity contribution in [1.82, 2.24) is 10.6 Å². The number of nitrogens with two attached hydrogens (primary N) is 1. The molecule has 5 atom stereocenters. The Bertz CT molecular complexity index is 1360. The number of carbonyl (C=O) groups is 2. The standard InChI is InChI=1S/C17H20N3O2.C5H5.Fe/c18-15(10-13-6-2-1-3-7-13)17(22)20-12-16(21)19-11-14-8-4-5-9-14;1-2-4-5-3-1;/h1-9,15H,10-12,18H2,(H,19,21)(H,20,22);1-5H;. The van der Waals surface area contributed by atoms with E-state index in [2.05, 4.69) is 10.6 Å². The maximum absolute atomic E-state index is 12.5. The Morgan fingerprint density at radius 1 is 0.964 bits per heavy atom. The number of benzene rings is 1. The van der Waals surface area contributed by atoms with E-state index in [0.717, 1.165) is 12.1 Å². The topological polar surface area (TPSA) is 84.2 Å². The molecule has 10 aliphatic heterocycles. The molecule has 2 amide bonds. The molecule has 0 radical (unpaired) electrons. The summed E-state index contributed by atoms with van der Waals surface area (Å²) in [5, 5.41) is 6.04. The van der Waals surface area contributed by atoms with E-state index in [1.54, 1.807) is 0 Å². The van der Waals surface area contributed by atoms with Crippen LogP contribution in [0.5, 0.6) is 0 Å². The van der Waals surface area contributed by atoms with Crippen LogP contribution in [-0.4, -0.2) is 30.9 Å². The summed E-state index contributed by atoms with van der Waals surface area (Å²) >= 11 is 0. The van der Waals surface area contributed by atoms with Gasteiger partial charge in [-0.2, -0.15) is 0 Å². The van der Waals surface area contributed by atoms with Crippen molar-refractivity contribution in [2.45, 2.75) is 60.1 Å².